The summed E-state index contributed by atoms with van der Waals surface area (Å²) < 4.78 is 0. The van der Waals surface area contributed by atoms with E-state index in [0.717, 1.165) is 0 Å². The molecule has 0 saturated heterocycles. The summed E-state index contributed by atoms with van der Waals surface area (Å²) in [6.45, 7) is 0. The van der Waals surface area contributed by atoms with Crippen molar-refractivity contribution in [3.8, 4) is 0 Å². The smallest absolute Gasteiger partial charge is 0.252 e. The van der Waals surface area contributed by atoms with Crippen molar-refractivity contribution in [3.63, 3.8) is 0 Å². The average Bonchev–Trinajstić information content (AvgIpc) is 1.85. The lowest BCUT2D eigenvalue weighted by molar-refractivity contribution is 1.09. The molecule has 0 atom stereocenters. The Morgan fingerprint density at radius 1 is 1.64 bits per heavy atom. The number of guanidine groups is 1. The molecular weight excluding hydrogens is 146 g/mol. The molecular formula is C5H7N5O. The number of nitrogens with zero attached hydrogens (tertiary/aromatic N) is 2. The molecule has 5 N–H and O–H groups in total. The quantitative estimate of drug-likeness (QED) is 0.343. The average molecular weight is 153 g/mol. The molecule has 58 valence electrons. The zero-order valence-electron chi connectivity index (χ0n) is 5.61. The summed E-state index contributed by atoms with van der Waals surface area (Å²) in [7, 11) is 0. The fourth-order valence-corrected chi connectivity index (χ4v) is 0.539. The molecule has 0 fully saturated rings. The van der Waals surface area contributed by atoms with Crippen molar-refractivity contribution in [3.05, 3.63) is 22.6 Å². The molecule has 0 aromatic carbocycles. The fraction of sp³-hybridized carbons (Fsp3) is 0. The minimum absolute atomic E-state index is 0.109. The van der Waals surface area contributed by atoms with Crippen molar-refractivity contribution < 1.29 is 0 Å². The Balaban J connectivity index is 3.07. The molecule has 0 radical (unpaired) electrons. The molecule has 1 aromatic rings. The molecule has 6 heteroatoms. The molecule has 0 unspecified atom stereocenters. The standard InChI is InChI=1S/C5H7N5O/c6-4(7)10-5-8-2-1-3(11)9-5/h1-2H,(H5,6,7,8,9,10,11). The summed E-state index contributed by atoms with van der Waals surface area (Å²) in [5.74, 6) is -0.0307. The third-order valence-electron chi connectivity index (χ3n) is 0.893. The minimum Gasteiger partial charge on any atom is -0.370 e. The Morgan fingerprint density at radius 3 is 2.91 bits per heavy atom. The Kier molecular flexibility index (Phi) is 1.86. The Bertz CT molecular complexity index is 324. The van der Waals surface area contributed by atoms with Gasteiger partial charge in [0.1, 0.15) is 0 Å². The van der Waals surface area contributed by atoms with E-state index >= 15 is 0 Å². The topological polar surface area (TPSA) is 110 Å². The van der Waals surface area contributed by atoms with Gasteiger partial charge in [-0.2, -0.15) is 4.99 Å². The Hall–Kier alpha value is -1.85. The normalized spacial score (nSPS) is 9.09. The second kappa shape index (κ2) is 2.82. The van der Waals surface area contributed by atoms with Gasteiger partial charge < -0.3 is 11.5 Å². The molecule has 0 aliphatic carbocycles. The van der Waals surface area contributed by atoms with E-state index in [0.29, 0.717) is 0 Å². The lowest BCUT2D eigenvalue weighted by Crippen LogP contribution is -2.22. The molecule has 1 aromatic heterocycles. The molecule has 0 saturated carbocycles. The van der Waals surface area contributed by atoms with E-state index in [9.17, 15) is 4.79 Å². The number of nitrogens with two attached hydrogens (primary N) is 2. The lowest BCUT2D eigenvalue weighted by Gasteiger charge is -1.90. The molecule has 1 heterocycles. The van der Waals surface area contributed by atoms with E-state index in [1.807, 2.05) is 0 Å². The first-order valence-corrected chi connectivity index (χ1v) is 2.83. The van der Waals surface area contributed by atoms with Crippen LogP contribution in [0.5, 0.6) is 0 Å². The number of nitrogens with one attached hydrogen (secondary N) is 1. The third kappa shape index (κ3) is 2.09. The second-order valence-electron chi connectivity index (χ2n) is 1.79. The number of aromatic amines is 1. The van der Waals surface area contributed by atoms with Crippen molar-refractivity contribution in [2.24, 2.45) is 16.5 Å². The monoisotopic (exact) mass is 153 g/mol. The van der Waals surface area contributed by atoms with Gasteiger partial charge in [0.25, 0.3) is 5.56 Å². The van der Waals surface area contributed by atoms with E-state index in [2.05, 4.69) is 15.0 Å². The molecule has 0 amide bonds. The third-order valence-corrected chi connectivity index (χ3v) is 0.893. The molecule has 0 spiro atoms. The van der Waals surface area contributed by atoms with E-state index in [4.69, 9.17) is 11.5 Å². The van der Waals surface area contributed by atoms with Crippen LogP contribution in [-0.4, -0.2) is 15.9 Å². The number of aromatic nitrogens is 2. The van der Waals surface area contributed by atoms with Crippen molar-refractivity contribution in [1.29, 1.82) is 0 Å². The van der Waals surface area contributed by atoms with Gasteiger partial charge in [-0.25, -0.2) is 4.98 Å². The summed E-state index contributed by atoms with van der Waals surface area (Å²) in [5, 5.41) is 0. The Morgan fingerprint density at radius 2 is 2.36 bits per heavy atom. The van der Waals surface area contributed by atoms with Crippen LogP contribution in [0.2, 0.25) is 0 Å². The van der Waals surface area contributed by atoms with Crippen LogP contribution < -0.4 is 17.0 Å². The first kappa shape index (κ1) is 7.26. The Labute approximate surface area is 62.0 Å². The maximum Gasteiger partial charge on any atom is 0.252 e. The first-order chi connectivity index (χ1) is 5.18. The first-order valence-electron chi connectivity index (χ1n) is 2.83. The van der Waals surface area contributed by atoms with Gasteiger partial charge in [-0.15, -0.1) is 0 Å². The van der Waals surface area contributed by atoms with E-state index in [1.54, 1.807) is 0 Å². The molecule has 0 aliphatic rings. The van der Waals surface area contributed by atoms with Crippen molar-refractivity contribution >= 4 is 11.9 Å². The number of hydrogen-bond donors (Lipinski definition) is 3. The molecule has 0 bridgehead atoms. The molecule has 1 rings (SSSR count). The zero-order chi connectivity index (χ0) is 8.27. The number of hydrogen-bond acceptors (Lipinski definition) is 3. The van der Waals surface area contributed by atoms with E-state index < -0.39 is 0 Å². The predicted molar refractivity (Wildman–Crippen MR) is 40.3 cm³/mol. The van der Waals surface area contributed by atoms with Crippen LogP contribution >= 0.6 is 0 Å². The van der Waals surface area contributed by atoms with Crippen molar-refractivity contribution in [2.75, 3.05) is 0 Å². The highest BCUT2D eigenvalue weighted by Gasteiger charge is 1.89. The molecule has 11 heavy (non-hydrogen) atoms. The van der Waals surface area contributed by atoms with E-state index in [-0.39, 0.29) is 17.5 Å². The number of rotatable bonds is 1. The van der Waals surface area contributed by atoms with Gasteiger partial charge in [-0.3, -0.25) is 9.78 Å². The van der Waals surface area contributed by atoms with Gasteiger partial charge in [-0.1, -0.05) is 0 Å². The van der Waals surface area contributed by atoms with Gasteiger partial charge in [0, 0.05) is 12.3 Å². The summed E-state index contributed by atoms with van der Waals surface area (Å²) in [4.78, 5) is 20.2. The maximum atomic E-state index is 10.6. The summed E-state index contributed by atoms with van der Waals surface area (Å²) in [5.41, 5.74) is 9.79. The van der Waals surface area contributed by atoms with Gasteiger partial charge in [-0.05, 0) is 0 Å². The van der Waals surface area contributed by atoms with Gasteiger partial charge in [0.05, 0.1) is 0 Å². The van der Waals surface area contributed by atoms with Gasteiger partial charge in [0.2, 0.25) is 5.95 Å². The van der Waals surface area contributed by atoms with Crippen molar-refractivity contribution in [2.45, 2.75) is 0 Å². The van der Waals surface area contributed by atoms with Gasteiger partial charge >= 0.3 is 0 Å². The summed E-state index contributed by atoms with van der Waals surface area (Å²) in [6, 6.07) is 1.27. The maximum absolute atomic E-state index is 10.6. The number of H-pyrrole nitrogens is 1. The van der Waals surface area contributed by atoms with Crippen LogP contribution in [0.1, 0.15) is 0 Å². The lowest BCUT2D eigenvalue weighted by atomic mass is 10.7. The van der Waals surface area contributed by atoms with Crippen LogP contribution in [0.4, 0.5) is 5.95 Å². The van der Waals surface area contributed by atoms with Crippen LogP contribution in [-0.2, 0) is 0 Å². The summed E-state index contributed by atoms with van der Waals surface area (Å²) >= 11 is 0. The van der Waals surface area contributed by atoms with E-state index in [1.165, 1.54) is 12.3 Å². The van der Waals surface area contributed by atoms with Crippen LogP contribution in [0.3, 0.4) is 0 Å². The number of aliphatic imine (C=N–C) groups is 1. The summed E-state index contributed by atoms with van der Waals surface area (Å²) in [6.07, 6.45) is 1.32. The second-order valence-corrected chi connectivity index (χ2v) is 1.79. The van der Waals surface area contributed by atoms with Crippen molar-refractivity contribution in [1.82, 2.24) is 9.97 Å². The molecule has 0 aliphatic heterocycles. The van der Waals surface area contributed by atoms with Crippen LogP contribution in [0.25, 0.3) is 0 Å². The minimum atomic E-state index is -0.292. The van der Waals surface area contributed by atoms with Crippen LogP contribution in [0.15, 0.2) is 22.1 Å². The van der Waals surface area contributed by atoms with Gasteiger partial charge in [0.15, 0.2) is 5.96 Å². The SMILES string of the molecule is NC(N)=Nc1nccc(=O)[nH]1. The zero-order valence-corrected chi connectivity index (χ0v) is 5.61. The fourth-order valence-electron chi connectivity index (χ4n) is 0.539. The van der Waals surface area contributed by atoms with Crippen LogP contribution in [0, 0.1) is 0 Å². The largest absolute Gasteiger partial charge is 0.370 e. The highest BCUT2D eigenvalue weighted by Crippen LogP contribution is 1.94. The molecule has 6 nitrogen and oxygen atoms in total. The highest BCUT2D eigenvalue weighted by atomic mass is 16.1. The predicted octanol–water partition coefficient (Wildman–Crippen LogP) is -1.33. The highest BCUT2D eigenvalue weighted by molar-refractivity contribution is 5.77.